The summed E-state index contributed by atoms with van der Waals surface area (Å²) in [4.78, 5) is 34.7. The molecule has 0 aromatic carbocycles. The van der Waals surface area contributed by atoms with Gasteiger partial charge in [0.25, 0.3) is 0 Å². The number of carbonyl (C=O) groups is 1. The molecule has 35 heavy (non-hydrogen) atoms. The van der Waals surface area contributed by atoms with Gasteiger partial charge in [-0.1, -0.05) is 0 Å². The normalized spacial score (nSPS) is 24.9. The zero-order chi connectivity index (χ0) is 24.4. The first-order valence-electron chi connectivity index (χ1n) is 12.0. The minimum atomic E-state index is -0.494. The molecule has 12 heteroatoms. The number of anilines is 3. The first kappa shape index (κ1) is 23.6. The third-order valence-corrected chi connectivity index (χ3v) is 6.94. The Kier molecular flexibility index (Phi) is 6.67. The number of morpholine rings is 1. The topological polar surface area (TPSA) is 152 Å². The number of likely N-dealkylation sites (tertiary alicyclic amines) is 1. The fraction of sp³-hybridized carbons (Fsp3) is 0.609. The Balaban J connectivity index is 1.46. The average Bonchev–Trinajstić information content (AvgIpc) is 3.22. The van der Waals surface area contributed by atoms with Gasteiger partial charge in [-0.05, 0) is 19.8 Å². The number of amides is 1. The van der Waals surface area contributed by atoms with Crippen molar-refractivity contribution < 1.29 is 19.4 Å². The van der Waals surface area contributed by atoms with E-state index < -0.39 is 5.54 Å². The van der Waals surface area contributed by atoms with E-state index in [1.807, 2.05) is 11.0 Å². The van der Waals surface area contributed by atoms with Gasteiger partial charge in [0, 0.05) is 50.3 Å². The lowest BCUT2D eigenvalue weighted by atomic mass is 9.94. The molecule has 3 aliphatic heterocycles. The van der Waals surface area contributed by atoms with Gasteiger partial charge in [-0.15, -0.1) is 0 Å². The van der Waals surface area contributed by atoms with Crippen molar-refractivity contribution in [3.05, 3.63) is 18.5 Å². The van der Waals surface area contributed by atoms with Crippen LogP contribution in [-0.2, 0) is 14.3 Å². The molecule has 3 fully saturated rings. The predicted octanol–water partition coefficient (Wildman–Crippen LogP) is 0.153. The highest BCUT2D eigenvalue weighted by Crippen LogP contribution is 2.32. The van der Waals surface area contributed by atoms with E-state index in [0.717, 1.165) is 5.56 Å². The molecule has 2 atom stereocenters. The lowest BCUT2D eigenvalue weighted by molar-refractivity contribution is -0.148. The molecule has 2 aromatic heterocycles. The number of nitrogens with zero attached hydrogens (tertiary/aromatic N) is 6. The second-order valence-corrected chi connectivity index (χ2v) is 9.51. The summed E-state index contributed by atoms with van der Waals surface area (Å²) in [6.07, 6.45) is 4.48. The molecule has 0 unspecified atom stereocenters. The van der Waals surface area contributed by atoms with E-state index >= 15 is 0 Å². The minimum absolute atomic E-state index is 0.00132. The van der Waals surface area contributed by atoms with Crippen LogP contribution in [-0.4, -0.2) is 100 Å². The molecular formula is C23H32N8O4. The number of nitrogen functional groups attached to an aromatic ring is 1. The molecule has 5 heterocycles. The van der Waals surface area contributed by atoms with Crippen LogP contribution in [0.1, 0.15) is 19.8 Å². The second-order valence-electron chi connectivity index (χ2n) is 9.51. The Bertz CT molecular complexity index is 1050. The van der Waals surface area contributed by atoms with Crippen molar-refractivity contribution in [1.82, 2.24) is 24.8 Å². The molecule has 12 nitrogen and oxygen atoms in total. The summed E-state index contributed by atoms with van der Waals surface area (Å²) in [5.41, 5.74) is 6.56. The fourth-order valence-electron chi connectivity index (χ4n) is 4.82. The first-order valence-corrected chi connectivity index (χ1v) is 12.0. The van der Waals surface area contributed by atoms with Gasteiger partial charge in [0.2, 0.25) is 17.8 Å². The molecule has 0 bridgehead atoms. The molecule has 0 radical (unpaired) electrons. The van der Waals surface area contributed by atoms with E-state index in [4.69, 9.17) is 25.2 Å². The van der Waals surface area contributed by atoms with E-state index in [2.05, 4.69) is 27.1 Å². The van der Waals surface area contributed by atoms with Crippen molar-refractivity contribution in [1.29, 1.82) is 0 Å². The van der Waals surface area contributed by atoms with Crippen LogP contribution in [0, 0.1) is 5.92 Å². The molecule has 2 aromatic rings. The van der Waals surface area contributed by atoms with E-state index in [0.29, 0.717) is 76.4 Å². The van der Waals surface area contributed by atoms with Crippen molar-refractivity contribution in [3.63, 3.8) is 0 Å². The van der Waals surface area contributed by atoms with E-state index in [9.17, 15) is 9.90 Å². The Morgan fingerprint density at radius 3 is 2.71 bits per heavy atom. The standard InChI is InChI=1S/C23H32N8O4/c1-15-11-34-7-5-31(15)22-27-18(16-9-25-21(24)26-10-16)8-19(28-22)29-23(3-6-32)2-4-30(14-23)20(33)17-12-35-13-17/h8-10,15,17,32H,2-7,11-14H2,1H3,(H2,24,25,26)(H,27,28,29)/t15-,23+/m0/s1. The van der Waals surface area contributed by atoms with Gasteiger partial charge >= 0.3 is 0 Å². The highest BCUT2D eigenvalue weighted by Gasteiger charge is 2.42. The van der Waals surface area contributed by atoms with E-state index in [1.165, 1.54) is 0 Å². The monoisotopic (exact) mass is 484 g/mol. The molecule has 3 saturated heterocycles. The summed E-state index contributed by atoms with van der Waals surface area (Å²) in [6.45, 7) is 6.03. The quantitative estimate of drug-likeness (QED) is 0.492. The molecule has 3 aliphatic rings. The largest absolute Gasteiger partial charge is 0.396 e. The Labute approximate surface area is 203 Å². The van der Waals surface area contributed by atoms with Gasteiger partial charge in [-0.2, -0.15) is 4.98 Å². The number of nitrogens with two attached hydrogens (primary N) is 1. The van der Waals surface area contributed by atoms with Crippen LogP contribution in [0.4, 0.5) is 17.7 Å². The van der Waals surface area contributed by atoms with Gasteiger partial charge in [0.15, 0.2) is 0 Å². The number of carbonyl (C=O) groups excluding carboxylic acids is 1. The Morgan fingerprint density at radius 2 is 2.03 bits per heavy atom. The molecule has 1 amide bonds. The van der Waals surface area contributed by atoms with Crippen LogP contribution >= 0.6 is 0 Å². The van der Waals surface area contributed by atoms with Gasteiger partial charge in [0.1, 0.15) is 5.82 Å². The lowest BCUT2D eigenvalue weighted by Crippen LogP contribution is -2.48. The lowest BCUT2D eigenvalue weighted by Gasteiger charge is -2.35. The second kappa shape index (κ2) is 9.88. The molecule has 5 rings (SSSR count). The maximum absolute atomic E-state index is 12.8. The molecule has 0 saturated carbocycles. The van der Waals surface area contributed by atoms with E-state index in [-0.39, 0.29) is 30.4 Å². The predicted molar refractivity (Wildman–Crippen MR) is 129 cm³/mol. The first-order chi connectivity index (χ1) is 17.0. The average molecular weight is 485 g/mol. The summed E-state index contributed by atoms with van der Waals surface area (Å²) in [6, 6.07) is 1.97. The zero-order valence-electron chi connectivity index (χ0n) is 19.9. The number of ether oxygens (including phenoxy) is 2. The number of hydrogen-bond donors (Lipinski definition) is 3. The van der Waals surface area contributed by atoms with Gasteiger partial charge in [-0.3, -0.25) is 4.79 Å². The summed E-state index contributed by atoms with van der Waals surface area (Å²) in [7, 11) is 0. The Morgan fingerprint density at radius 1 is 1.23 bits per heavy atom. The van der Waals surface area contributed by atoms with Crippen LogP contribution < -0.4 is 16.0 Å². The minimum Gasteiger partial charge on any atom is -0.396 e. The molecule has 188 valence electrons. The Hall–Kier alpha value is -3.09. The smallest absolute Gasteiger partial charge is 0.230 e. The highest BCUT2D eigenvalue weighted by atomic mass is 16.5. The molecular weight excluding hydrogens is 452 g/mol. The third kappa shape index (κ3) is 5.00. The molecule has 0 aliphatic carbocycles. The van der Waals surface area contributed by atoms with Crippen LogP contribution in [0.5, 0.6) is 0 Å². The van der Waals surface area contributed by atoms with Gasteiger partial charge in [0.05, 0.1) is 49.6 Å². The maximum Gasteiger partial charge on any atom is 0.230 e. The summed E-state index contributed by atoms with van der Waals surface area (Å²) in [5, 5.41) is 13.4. The SMILES string of the molecule is C[C@H]1COCCN1c1nc(N[C@@]2(CCO)CCN(C(=O)C3COC3)C2)cc(-c2cnc(N)nc2)n1. The number of hydrogen-bond acceptors (Lipinski definition) is 11. The summed E-state index contributed by atoms with van der Waals surface area (Å²) in [5.74, 6) is 1.44. The van der Waals surface area contributed by atoms with Crippen molar-refractivity contribution in [2.45, 2.75) is 31.3 Å². The number of aliphatic hydroxyl groups excluding tert-OH is 1. The molecule has 0 spiro atoms. The van der Waals surface area contributed by atoms with Crippen molar-refractivity contribution in [2.24, 2.45) is 5.92 Å². The zero-order valence-corrected chi connectivity index (χ0v) is 19.9. The highest BCUT2D eigenvalue weighted by molar-refractivity contribution is 5.80. The van der Waals surface area contributed by atoms with Crippen molar-refractivity contribution in [3.8, 4) is 11.3 Å². The maximum atomic E-state index is 12.8. The van der Waals surface area contributed by atoms with Crippen molar-refractivity contribution in [2.75, 3.05) is 68.6 Å². The van der Waals surface area contributed by atoms with Crippen LogP contribution in [0.25, 0.3) is 11.3 Å². The van der Waals surface area contributed by atoms with Gasteiger partial charge < -0.3 is 35.4 Å². The number of rotatable bonds is 7. The number of aromatic nitrogens is 4. The third-order valence-electron chi connectivity index (χ3n) is 6.94. The fourth-order valence-corrected chi connectivity index (χ4v) is 4.82. The number of nitrogens with one attached hydrogen (secondary N) is 1. The summed E-state index contributed by atoms with van der Waals surface area (Å²) >= 11 is 0. The van der Waals surface area contributed by atoms with Crippen LogP contribution in [0.3, 0.4) is 0 Å². The van der Waals surface area contributed by atoms with Gasteiger partial charge in [-0.25, -0.2) is 15.0 Å². The van der Waals surface area contributed by atoms with Crippen LogP contribution in [0.2, 0.25) is 0 Å². The van der Waals surface area contributed by atoms with Crippen molar-refractivity contribution >= 4 is 23.6 Å². The number of aliphatic hydroxyl groups is 1. The summed E-state index contributed by atoms with van der Waals surface area (Å²) < 4.78 is 10.8. The van der Waals surface area contributed by atoms with E-state index in [1.54, 1.807) is 12.4 Å². The molecule has 4 N–H and O–H groups in total. The van der Waals surface area contributed by atoms with Crippen LogP contribution in [0.15, 0.2) is 18.5 Å².